The molecule has 0 aliphatic heterocycles. The topological polar surface area (TPSA) is 21.3 Å². The Balaban J connectivity index is 3.08. The first-order chi connectivity index (χ1) is 7.63. The van der Waals surface area contributed by atoms with Crippen molar-refractivity contribution in [1.29, 1.82) is 0 Å². The van der Waals surface area contributed by atoms with E-state index in [2.05, 4.69) is 44.3 Å². The molecule has 0 spiro atoms. The van der Waals surface area contributed by atoms with Crippen molar-refractivity contribution >= 4 is 0 Å². The first-order valence-corrected chi connectivity index (χ1v) is 5.95. The second kappa shape index (κ2) is 5.90. The molecule has 1 N–H and O–H groups in total. The Morgan fingerprint density at radius 3 is 2.56 bits per heavy atom. The second-order valence-corrected chi connectivity index (χ2v) is 4.40. The van der Waals surface area contributed by atoms with Crippen LogP contribution in [0, 0.1) is 12.8 Å². The molecule has 0 heterocycles. The highest BCUT2D eigenvalue weighted by Crippen LogP contribution is 2.31. The molecule has 16 heavy (non-hydrogen) atoms. The summed E-state index contributed by atoms with van der Waals surface area (Å²) >= 11 is 0. The molecule has 90 valence electrons. The van der Waals surface area contributed by atoms with E-state index in [1.807, 2.05) is 7.05 Å². The van der Waals surface area contributed by atoms with Gasteiger partial charge in [-0.15, -0.1) is 0 Å². The van der Waals surface area contributed by atoms with Gasteiger partial charge >= 0.3 is 0 Å². The van der Waals surface area contributed by atoms with Crippen LogP contribution in [-0.2, 0) is 0 Å². The summed E-state index contributed by atoms with van der Waals surface area (Å²) in [5.74, 6) is 1.58. The maximum Gasteiger partial charge on any atom is 0.123 e. The summed E-state index contributed by atoms with van der Waals surface area (Å²) in [5.41, 5.74) is 2.49. The van der Waals surface area contributed by atoms with Gasteiger partial charge < -0.3 is 10.1 Å². The number of aryl methyl sites for hydroxylation is 1. The van der Waals surface area contributed by atoms with E-state index in [1.165, 1.54) is 11.1 Å². The Morgan fingerprint density at radius 2 is 2.06 bits per heavy atom. The van der Waals surface area contributed by atoms with E-state index in [0.29, 0.717) is 12.0 Å². The Bertz CT molecular complexity index is 336. The van der Waals surface area contributed by atoms with Crippen LogP contribution in [0.2, 0.25) is 0 Å². The third-order valence-corrected chi connectivity index (χ3v) is 3.25. The average molecular weight is 221 g/mol. The molecule has 1 rings (SSSR count). The quantitative estimate of drug-likeness (QED) is 0.823. The van der Waals surface area contributed by atoms with Gasteiger partial charge in [0.15, 0.2) is 0 Å². The molecule has 0 radical (unpaired) electrons. The average Bonchev–Trinajstić information content (AvgIpc) is 2.31. The first-order valence-electron chi connectivity index (χ1n) is 5.95. The maximum absolute atomic E-state index is 5.46. The first kappa shape index (κ1) is 13.0. The Kier molecular flexibility index (Phi) is 4.81. The molecule has 2 atom stereocenters. The summed E-state index contributed by atoms with van der Waals surface area (Å²) in [5, 5.41) is 3.38. The summed E-state index contributed by atoms with van der Waals surface area (Å²) < 4.78 is 5.46. The molecule has 0 bridgehead atoms. The van der Waals surface area contributed by atoms with E-state index in [-0.39, 0.29) is 0 Å². The van der Waals surface area contributed by atoms with Crippen molar-refractivity contribution in [3.63, 3.8) is 0 Å². The lowest BCUT2D eigenvalue weighted by Gasteiger charge is -2.25. The third-order valence-electron chi connectivity index (χ3n) is 3.25. The predicted molar refractivity (Wildman–Crippen MR) is 69.0 cm³/mol. The molecule has 0 fully saturated rings. The third kappa shape index (κ3) is 2.76. The lowest BCUT2D eigenvalue weighted by Crippen LogP contribution is -2.23. The largest absolute Gasteiger partial charge is 0.496 e. The zero-order chi connectivity index (χ0) is 12.1. The van der Waals surface area contributed by atoms with Gasteiger partial charge in [0.05, 0.1) is 7.11 Å². The zero-order valence-electron chi connectivity index (χ0n) is 11.0. The minimum Gasteiger partial charge on any atom is -0.496 e. The van der Waals surface area contributed by atoms with Gasteiger partial charge in [0.2, 0.25) is 0 Å². The molecule has 0 saturated carbocycles. The number of benzene rings is 1. The van der Waals surface area contributed by atoms with Crippen LogP contribution in [-0.4, -0.2) is 14.2 Å². The highest BCUT2D eigenvalue weighted by Gasteiger charge is 2.19. The van der Waals surface area contributed by atoms with Crippen LogP contribution in [0.25, 0.3) is 0 Å². The van der Waals surface area contributed by atoms with Crippen LogP contribution in [0.3, 0.4) is 0 Å². The molecule has 0 saturated heterocycles. The zero-order valence-corrected chi connectivity index (χ0v) is 11.0. The van der Waals surface area contributed by atoms with E-state index in [0.717, 1.165) is 12.2 Å². The van der Waals surface area contributed by atoms with Crippen molar-refractivity contribution in [1.82, 2.24) is 5.32 Å². The van der Waals surface area contributed by atoms with E-state index < -0.39 is 0 Å². The SMILES string of the molecule is CCC(C)C(NC)c1ccc(C)cc1OC. The van der Waals surface area contributed by atoms with Gasteiger partial charge in [-0.2, -0.15) is 0 Å². The summed E-state index contributed by atoms with van der Waals surface area (Å²) in [4.78, 5) is 0. The van der Waals surface area contributed by atoms with Gasteiger partial charge in [-0.1, -0.05) is 32.4 Å². The summed E-state index contributed by atoms with van der Waals surface area (Å²) in [6.45, 7) is 6.57. The molecule has 2 heteroatoms. The Hall–Kier alpha value is -1.02. The molecular weight excluding hydrogens is 198 g/mol. The number of methoxy groups -OCH3 is 1. The van der Waals surface area contributed by atoms with Crippen molar-refractivity contribution in [2.45, 2.75) is 33.2 Å². The second-order valence-electron chi connectivity index (χ2n) is 4.40. The van der Waals surface area contributed by atoms with Gasteiger partial charge in [-0.25, -0.2) is 0 Å². The maximum atomic E-state index is 5.46. The molecule has 1 aromatic rings. The monoisotopic (exact) mass is 221 g/mol. The number of rotatable bonds is 5. The molecule has 1 aromatic carbocycles. The minimum atomic E-state index is 0.362. The van der Waals surface area contributed by atoms with Gasteiger partial charge in [0.1, 0.15) is 5.75 Å². The summed E-state index contributed by atoms with van der Waals surface area (Å²) in [6, 6.07) is 6.77. The molecule has 2 unspecified atom stereocenters. The van der Waals surface area contributed by atoms with E-state index >= 15 is 0 Å². The van der Waals surface area contributed by atoms with E-state index in [9.17, 15) is 0 Å². The predicted octanol–water partition coefficient (Wildman–Crippen LogP) is 3.31. The fraction of sp³-hybridized carbons (Fsp3) is 0.571. The molecule has 0 aliphatic rings. The molecular formula is C14H23NO. The van der Waals surface area contributed by atoms with Gasteiger partial charge in [0.25, 0.3) is 0 Å². The van der Waals surface area contributed by atoms with Gasteiger partial charge in [-0.05, 0) is 31.5 Å². The molecule has 2 nitrogen and oxygen atoms in total. The number of ether oxygens (including phenoxy) is 1. The summed E-state index contributed by atoms with van der Waals surface area (Å²) in [6.07, 6.45) is 1.16. The smallest absolute Gasteiger partial charge is 0.123 e. The van der Waals surface area contributed by atoms with Crippen LogP contribution in [0.1, 0.15) is 37.4 Å². The van der Waals surface area contributed by atoms with E-state index in [4.69, 9.17) is 4.74 Å². The van der Waals surface area contributed by atoms with Crippen LogP contribution in [0.15, 0.2) is 18.2 Å². The minimum absolute atomic E-state index is 0.362. The summed E-state index contributed by atoms with van der Waals surface area (Å²) in [7, 11) is 3.75. The number of hydrogen-bond donors (Lipinski definition) is 1. The van der Waals surface area contributed by atoms with Gasteiger partial charge in [0, 0.05) is 11.6 Å². The molecule has 0 aliphatic carbocycles. The molecule has 0 amide bonds. The van der Waals surface area contributed by atoms with Crippen LogP contribution in [0.5, 0.6) is 5.75 Å². The Labute approximate surface area is 99.0 Å². The van der Waals surface area contributed by atoms with Crippen LogP contribution >= 0.6 is 0 Å². The Morgan fingerprint density at radius 1 is 1.38 bits per heavy atom. The van der Waals surface area contributed by atoms with Crippen molar-refractivity contribution in [3.8, 4) is 5.75 Å². The lowest BCUT2D eigenvalue weighted by molar-refractivity contribution is 0.365. The van der Waals surface area contributed by atoms with Crippen molar-refractivity contribution in [2.24, 2.45) is 5.92 Å². The fourth-order valence-electron chi connectivity index (χ4n) is 2.06. The van der Waals surface area contributed by atoms with Crippen molar-refractivity contribution < 1.29 is 4.74 Å². The standard InChI is InChI=1S/C14H23NO/c1-6-11(3)14(15-4)12-8-7-10(2)9-13(12)16-5/h7-9,11,14-15H,6H2,1-5H3. The van der Waals surface area contributed by atoms with Crippen molar-refractivity contribution in [2.75, 3.05) is 14.2 Å². The molecule has 0 aromatic heterocycles. The number of hydrogen-bond acceptors (Lipinski definition) is 2. The van der Waals surface area contributed by atoms with Crippen molar-refractivity contribution in [3.05, 3.63) is 29.3 Å². The van der Waals surface area contributed by atoms with Crippen LogP contribution in [0.4, 0.5) is 0 Å². The van der Waals surface area contributed by atoms with E-state index in [1.54, 1.807) is 7.11 Å². The fourth-order valence-corrected chi connectivity index (χ4v) is 2.06. The highest BCUT2D eigenvalue weighted by atomic mass is 16.5. The van der Waals surface area contributed by atoms with Gasteiger partial charge in [-0.3, -0.25) is 0 Å². The highest BCUT2D eigenvalue weighted by molar-refractivity contribution is 5.39. The van der Waals surface area contributed by atoms with Crippen LogP contribution < -0.4 is 10.1 Å². The number of nitrogens with one attached hydrogen (secondary N) is 1. The normalized spacial score (nSPS) is 14.6. The lowest BCUT2D eigenvalue weighted by atomic mass is 9.91.